The van der Waals surface area contributed by atoms with Crippen LogP contribution in [0.15, 0.2) is 40.9 Å². The van der Waals surface area contributed by atoms with Crippen molar-refractivity contribution in [3.8, 4) is 0 Å². The molecule has 0 aliphatic rings. The van der Waals surface area contributed by atoms with Crippen LogP contribution in [0.2, 0.25) is 5.02 Å². The summed E-state index contributed by atoms with van der Waals surface area (Å²) >= 11 is 8.90. The third-order valence-corrected chi connectivity index (χ3v) is 3.53. The number of carbonyl (C=O) groups excluding carboxylic acids is 1. The Morgan fingerprint density at radius 1 is 1.30 bits per heavy atom. The molecule has 2 N–H and O–H groups in total. The van der Waals surface area contributed by atoms with E-state index >= 15 is 0 Å². The van der Waals surface area contributed by atoms with Gasteiger partial charge in [0.2, 0.25) is 0 Å². The molecule has 0 spiro atoms. The lowest BCUT2D eigenvalue weighted by Crippen LogP contribution is -2.05. The van der Waals surface area contributed by atoms with Crippen LogP contribution >= 0.6 is 27.5 Å². The van der Waals surface area contributed by atoms with Crippen LogP contribution in [0.5, 0.6) is 0 Å². The molecule has 104 valence electrons. The van der Waals surface area contributed by atoms with E-state index in [1.54, 1.807) is 12.1 Å². The molecule has 2 aromatic carbocycles. The molecule has 2 rings (SSSR count). The van der Waals surface area contributed by atoms with Gasteiger partial charge in [-0.2, -0.15) is 0 Å². The van der Waals surface area contributed by atoms with Crippen molar-refractivity contribution < 1.29 is 13.9 Å². The topological polar surface area (TPSA) is 52.3 Å². The third-order valence-electron chi connectivity index (χ3n) is 2.59. The molecule has 6 heteroatoms. The molecule has 2 aromatic rings. The van der Waals surface area contributed by atoms with Gasteiger partial charge < -0.3 is 10.5 Å². The Bertz CT molecular complexity index is 664. The van der Waals surface area contributed by atoms with Crippen molar-refractivity contribution >= 4 is 39.2 Å². The van der Waals surface area contributed by atoms with Gasteiger partial charge in [0.05, 0.1) is 20.7 Å². The Labute approximate surface area is 128 Å². The second kappa shape index (κ2) is 6.24. The lowest BCUT2D eigenvalue weighted by molar-refractivity contribution is 0.0472. The molecule has 0 radical (unpaired) electrons. The summed E-state index contributed by atoms with van der Waals surface area (Å²) in [5.41, 5.74) is 6.94. The van der Waals surface area contributed by atoms with Gasteiger partial charge in [0.1, 0.15) is 12.4 Å². The largest absolute Gasteiger partial charge is 0.457 e. The number of hydrogen-bond donors (Lipinski definition) is 1. The van der Waals surface area contributed by atoms with E-state index in [0.29, 0.717) is 26.3 Å². The fourth-order valence-electron chi connectivity index (χ4n) is 1.52. The van der Waals surface area contributed by atoms with Gasteiger partial charge in [-0.05, 0) is 51.8 Å². The zero-order valence-corrected chi connectivity index (χ0v) is 12.5. The highest BCUT2D eigenvalue weighted by Gasteiger charge is 2.10. The van der Waals surface area contributed by atoms with Crippen LogP contribution in [0.25, 0.3) is 0 Å². The Morgan fingerprint density at radius 3 is 2.70 bits per heavy atom. The van der Waals surface area contributed by atoms with E-state index in [1.165, 1.54) is 24.3 Å². The molecule has 0 unspecified atom stereocenters. The van der Waals surface area contributed by atoms with Crippen LogP contribution in [0.4, 0.5) is 10.1 Å². The average Bonchev–Trinajstić information content (AvgIpc) is 2.43. The first-order chi connectivity index (χ1) is 9.47. The average molecular weight is 359 g/mol. The van der Waals surface area contributed by atoms with Crippen molar-refractivity contribution in [2.45, 2.75) is 6.61 Å². The maximum Gasteiger partial charge on any atom is 0.338 e. The van der Waals surface area contributed by atoms with E-state index in [2.05, 4.69) is 15.9 Å². The molecule has 0 aliphatic heterocycles. The van der Waals surface area contributed by atoms with Crippen molar-refractivity contribution in [3.63, 3.8) is 0 Å². The van der Waals surface area contributed by atoms with Crippen molar-refractivity contribution in [1.82, 2.24) is 0 Å². The Kier molecular flexibility index (Phi) is 4.62. The van der Waals surface area contributed by atoms with Gasteiger partial charge in [0.25, 0.3) is 0 Å². The zero-order chi connectivity index (χ0) is 14.7. The molecule has 0 amide bonds. The van der Waals surface area contributed by atoms with Gasteiger partial charge >= 0.3 is 5.97 Å². The molecule has 20 heavy (non-hydrogen) atoms. The molecule has 0 fully saturated rings. The molecule has 3 nitrogen and oxygen atoms in total. The maximum absolute atomic E-state index is 13.1. The first-order valence-electron chi connectivity index (χ1n) is 5.63. The van der Waals surface area contributed by atoms with Gasteiger partial charge in [-0.25, -0.2) is 9.18 Å². The maximum atomic E-state index is 13.1. The standard InChI is InChI=1S/C14H10BrClFNO2/c15-10-5-8(1-3-12(10)17)7-20-14(19)9-2-4-13(18)11(16)6-9/h1-6H,7,18H2. The third kappa shape index (κ3) is 3.49. The van der Waals surface area contributed by atoms with Gasteiger partial charge in [-0.1, -0.05) is 17.7 Å². The van der Waals surface area contributed by atoms with Crippen LogP contribution < -0.4 is 5.73 Å². The molecule has 0 aliphatic carbocycles. The number of hydrogen-bond acceptors (Lipinski definition) is 3. The summed E-state index contributed by atoms with van der Waals surface area (Å²) in [6.45, 7) is 0.0414. The molecule has 0 bridgehead atoms. The van der Waals surface area contributed by atoms with Crippen LogP contribution in [0, 0.1) is 5.82 Å². The summed E-state index contributed by atoms with van der Waals surface area (Å²) < 4.78 is 18.5. The van der Waals surface area contributed by atoms with Crippen LogP contribution in [-0.2, 0) is 11.3 Å². The highest BCUT2D eigenvalue weighted by atomic mass is 79.9. The normalized spacial score (nSPS) is 10.3. The molecule has 0 aromatic heterocycles. The second-order valence-electron chi connectivity index (χ2n) is 4.06. The summed E-state index contributed by atoms with van der Waals surface area (Å²) in [6.07, 6.45) is 0. The number of carbonyl (C=O) groups is 1. The van der Waals surface area contributed by atoms with Crippen molar-refractivity contribution in [2.75, 3.05) is 5.73 Å². The van der Waals surface area contributed by atoms with Crippen LogP contribution in [0.3, 0.4) is 0 Å². The first-order valence-corrected chi connectivity index (χ1v) is 6.80. The number of nitrogens with two attached hydrogens (primary N) is 1. The highest BCUT2D eigenvalue weighted by Crippen LogP contribution is 2.21. The number of benzene rings is 2. The van der Waals surface area contributed by atoms with Gasteiger partial charge in [0.15, 0.2) is 0 Å². The van der Waals surface area contributed by atoms with Crippen molar-refractivity contribution in [1.29, 1.82) is 0 Å². The second-order valence-corrected chi connectivity index (χ2v) is 5.32. The fraction of sp³-hybridized carbons (Fsp3) is 0.0714. The summed E-state index contributed by atoms with van der Waals surface area (Å²) in [5, 5.41) is 0.295. The van der Waals surface area contributed by atoms with Crippen LogP contribution in [0.1, 0.15) is 15.9 Å². The first kappa shape index (κ1) is 14.8. The minimum Gasteiger partial charge on any atom is -0.457 e. The van der Waals surface area contributed by atoms with E-state index in [1.807, 2.05) is 0 Å². The van der Waals surface area contributed by atoms with Crippen molar-refractivity contribution in [2.24, 2.45) is 0 Å². The van der Waals surface area contributed by atoms with E-state index in [0.717, 1.165) is 0 Å². The van der Waals surface area contributed by atoms with Gasteiger partial charge in [-0.15, -0.1) is 0 Å². The van der Waals surface area contributed by atoms with E-state index < -0.39 is 5.97 Å². The quantitative estimate of drug-likeness (QED) is 0.661. The molecule has 0 saturated heterocycles. The number of nitrogen functional groups attached to an aromatic ring is 1. The van der Waals surface area contributed by atoms with Gasteiger partial charge in [0, 0.05) is 0 Å². The lowest BCUT2D eigenvalue weighted by Gasteiger charge is -2.07. The van der Waals surface area contributed by atoms with E-state index in [9.17, 15) is 9.18 Å². The number of halogens is 3. The number of ether oxygens (including phenoxy) is 1. The van der Waals surface area contributed by atoms with Gasteiger partial charge in [-0.3, -0.25) is 0 Å². The summed E-state index contributed by atoms with van der Waals surface area (Å²) in [6, 6.07) is 8.91. The lowest BCUT2D eigenvalue weighted by atomic mass is 10.2. The fourth-order valence-corrected chi connectivity index (χ4v) is 2.12. The highest BCUT2D eigenvalue weighted by molar-refractivity contribution is 9.10. The predicted molar refractivity (Wildman–Crippen MR) is 79.1 cm³/mol. The number of esters is 1. The monoisotopic (exact) mass is 357 g/mol. The molecular formula is C14H10BrClFNO2. The Hall–Kier alpha value is -1.59. The van der Waals surface area contributed by atoms with Crippen molar-refractivity contribution in [3.05, 3.63) is 62.8 Å². The molecule has 0 saturated carbocycles. The molecule has 0 atom stereocenters. The van der Waals surface area contributed by atoms with E-state index in [-0.39, 0.29) is 12.4 Å². The zero-order valence-electron chi connectivity index (χ0n) is 10.2. The summed E-state index contributed by atoms with van der Waals surface area (Å²) in [7, 11) is 0. The SMILES string of the molecule is Nc1ccc(C(=O)OCc2ccc(F)c(Br)c2)cc1Cl. The minimum atomic E-state index is -0.521. The summed E-state index contributed by atoms with van der Waals surface area (Å²) in [5.74, 6) is -0.891. The Morgan fingerprint density at radius 2 is 2.05 bits per heavy atom. The van der Waals surface area contributed by atoms with Crippen LogP contribution in [-0.4, -0.2) is 5.97 Å². The minimum absolute atomic E-state index is 0.0414. The predicted octanol–water partition coefficient (Wildman–Crippen LogP) is 4.18. The smallest absolute Gasteiger partial charge is 0.338 e. The summed E-state index contributed by atoms with van der Waals surface area (Å²) in [4.78, 5) is 11.8. The molecular weight excluding hydrogens is 349 g/mol. The Balaban J connectivity index is 2.04. The van der Waals surface area contributed by atoms with E-state index in [4.69, 9.17) is 22.1 Å². The molecule has 0 heterocycles. The number of anilines is 1. The number of rotatable bonds is 3.